The SMILES string of the molecule is CCCOCCOCCN(CCOCCOCCC(=O)NCc1ccc(/C(N)=N/N=C(/C)N)cc1)C(=O)CCC(=O)O. The molecular formula is C28H46N6O8. The Balaban J connectivity index is 2.22. The Morgan fingerprint density at radius 1 is 0.810 bits per heavy atom. The lowest BCUT2D eigenvalue weighted by Gasteiger charge is -2.22. The topological polar surface area (TPSA) is 200 Å². The van der Waals surface area contributed by atoms with Crippen molar-refractivity contribution in [3.8, 4) is 0 Å². The van der Waals surface area contributed by atoms with Crippen molar-refractivity contribution in [2.24, 2.45) is 21.7 Å². The third-order valence-corrected chi connectivity index (χ3v) is 5.54. The van der Waals surface area contributed by atoms with E-state index in [0.717, 1.165) is 12.0 Å². The number of carbonyl (C=O) groups excluding carboxylic acids is 2. The van der Waals surface area contributed by atoms with Crippen LogP contribution in [0.25, 0.3) is 0 Å². The first-order chi connectivity index (χ1) is 20.2. The van der Waals surface area contributed by atoms with E-state index in [1.165, 1.54) is 4.90 Å². The first-order valence-electron chi connectivity index (χ1n) is 14.0. The number of carboxylic acid groups (broad SMARTS) is 1. The molecule has 0 bridgehead atoms. The molecule has 1 aromatic carbocycles. The molecule has 236 valence electrons. The molecule has 0 atom stereocenters. The maximum Gasteiger partial charge on any atom is 0.303 e. The third-order valence-electron chi connectivity index (χ3n) is 5.54. The van der Waals surface area contributed by atoms with Crippen molar-refractivity contribution in [3.63, 3.8) is 0 Å². The van der Waals surface area contributed by atoms with E-state index < -0.39 is 5.97 Å². The van der Waals surface area contributed by atoms with Crippen LogP contribution in [0.3, 0.4) is 0 Å². The smallest absolute Gasteiger partial charge is 0.303 e. The fourth-order valence-corrected chi connectivity index (χ4v) is 3.31. The molecule has 0 saturated carbocycles. The van der Waals surface area contributed by atoms with Gasteiger partial charge in [0.1, 0.15) is 5.84 Å². The number of amidine groups is 2. The van der Waals surface area contributed by atoms with Crippen LogP contribution in [0.2, 0.25) is 0 Å². The Morgan fingerprint density at radius 2 is 1.38 bits per heavy atom. The summed E-state index contributed by atoms with van der Waals surface area (Å²) >= 11 is 0. The molecule has 0 aliphatic rings. The number of hydrogen-bond acceptors (Lipinski definition) is 9. The van der Waals surface area contributed by atoms with Gasteiger partial charge in [-0.25, -0.2) is 0 Å². The molecule has 0 aliphatic heterocycles. The molecule has 0 unspecified atom stereocenters. The van der Waals surface area contributed by atoms with Crippen molar-refractivity contribution >= 4 is 29.5 Å². The van der Waals surface area contributed by atoms with Crippen molar-refractivity contribution < 1.29 is 38.4 Å². The number of carbonyl (C=O) groups is 3. The number of rotatable bonds is 24. The Labute approximate surface area is 247 Å². The van der Waals surface area contributed by atoms with Gasteiger partial charge in [-0.15, -0.1) is 10.2 Å². The highest BCUT2D eigenvalue weighted by Crippen LogP contribution is 2.05. The number of aliphatic carboxylic acids is 1. The van der Waals surface area contributed by atoms with Crippen molar-refractivity contribution in [1.82, 2.24) is 10.2 Å². The van der Waals surface area contributed by atoms with Crippen molar-refractivity contribution in [2.45, 2.75) is 46.1 Å². The van der Waals surface area contributed by atoms with Gasteiger partial charge in [0.15, 0.2) is 5.84 Å². The van der Waals surface area contributed by atoms with Gasteiger partial charge in [-0.05, 0) is 18.9 Å². The van der Waals surface area contributed by atoms with Gasteiger partial charge in [0.25, 0.3) is 0 Å². The predicted molar refractivity (Wildman–Crippen MR) is 158 cm³/mol. The third kappa shape index (κ3) is 18.7. The molecule has 0 spiro atoms. The van der Waals surface area contributed by atoms with Gasteiger partial charge in [0, 0.05) is 44.6 Å². The summed E-state index contributed by atoms with van der Waals surface area (Å²) in [6.45, 7) is 7.61. The maximum atomic E-state index is 12.4. The Hall–Kier alpha value is -3.59. The van der Waals surface area contributed by atoms with Gasteiger partial charge in [0.05, 0.1) is 52.7 Å². The van der Waals surface area contributed by atoms with Crippen LogP contribution in [0.1, 0.15) is 50.7 Å². The summed E-state index contributed by atoms with van der Waals surface area (Å²) in [5.74, 6) is -0.891. The molecule has 0 fully saturated rings. The van der Waals surface area contributed by atoms with Gasteiger partial charge in [-0.2, -0.15) is 0 Å². The minimum atomic E-state index is -1.02. The second-order valence-electron chi connectivity index (χ2n) is 9.17. The number of nitrogens with one attached hydrogen (secondary N) is 1. The molecule has 1 rings (SSSR count). The molecule has 14 nitrogen and oxygen atoms in total. The highest BCUT2D eigenvalue weighted by atomic mass is 16.5. The fraction of sp³-hybridized carbons (Fsp3) is 0.607. The monoisotopic (exact) mass is 594 g/mol. The minimum absolute atomic E-state index is 0.0839. The standard InChI is InChI=1S/C28H46N6O8/c1-3-13-39-17-19-41-15-11-34(26(36)8-9-27(37)38)12-16-42-20-18-40-14-10-25(35)31-21-23-4-6-24(7-5-23)28(30)33-32-22(2)29/h4-7H,3,8-21H2,1-2H3,(H2,29,32)(H2,30,33)(H,31,35)(H,37,38). The Bertz CT molecular complexity index is 983. The zero-order chi connectivity index (χ0) is 31.0. The van der Waals surface area contributed by atoms with Crippen LogP contribution in [-0.2, 0) is 39.9 Å². The summed E-state index contributed by atoms with van der Waals surface area (Å²) in [6.07, 6.45) is 0.817. The van der Waals surface area contributed by atoms with Crippen molar-refractivity contribution in [1.29, 1.82) is 0 Å². The molecule has 0 aliphatic carbocycles. The first-order valence-corrected chi connectivity index (χ1v) is 14.0. The van der Waals surface area contributed by atoms with Crippen molar-refractivity contribution in [2.75, 3.05) is 65.9 Å². The quantitative estimate of drug-likeness (QED) is 0.0576. The fourth-order valence-electron chi connectivity index (χ4n) is 3.31. The number of amides is 2. The lowest BCUT2D eigenvalue weighted by molar-refractivity contribution is -0.141. The van der Waals surface area contributed by atoms with Crippen molar-refractivity contribution in [3.05, 3.63) is 35.4 Å². The second kappa shape index (κ2) is 23.0. The molecule has 0 aromatic heterocycles. The van der Waals surface area contributed by atoms with E-state index in [4.69, 9.17) is 35.5 Å². The normalized spacial score (nSPS) is 11.9. The summed E-state index contributed by atoms with van der Waals surface area (Å²) < 4.78 is 21.9. The Kier molecular flexibility index (Phi) is 20.0. The zero-order valence-electron chi connectivity index (χ0n) is 24.7. The largest absolute Gasteiger partial charge is 0.481 e. The first kappa shape index (κ1) is 36.4. The van der Waals surface area contributed by atoms with Gasteiger partial charge < -0.3 is 45.7 Å². The average Bonchev–Trinajstić information content (AvgIpc) is 2.97. The van der Waals surface area contributed by atoms with E-state index in [-0.39, 0.29) is 50.1 Å². The number of ether oxygens (including phenoxy) is 4. The van der Waals surface area contributed by atoms with E-state index in [2.05, 4.69) is 15.5 Å². The summed E-state index contributed by atoms with van der Waals surface area (Å²) in [4.78, 5) is 36.9. The molecule has 0 radical (unpaired) electrons. The summed E-state index contributed by atoms with van der Waals surface area (Å²) in [5.41, 5.74) is 12.9. The number of nitrogens with two attached hydrogens (primary N) is 2. The second-order valence-corrected chi connectivity index (χ2v) is 9.17. The van der Waals surface area contributed by atoms with E-state index in [1.54, 1.807) is 19.1 Å². The molecule has 2 amide bonds. The highest BCUT2D eigenvalue weighted by Gasteiger charge is 2.15. The molecule has 0 saturated heterocycles. The molecule has 1 aromatic rings. The Morgan fingerprint density at radius 3 is 1.93 bits per heavy atom. The van der Waals surface area contributed by atoms with E-state index >= 15 is 0 Å². The van der Waals surface area contributed by atoms with Gasteiger partial charge in [-0.1, -0.05) is 31.2 Å². The summed E-state index contributed by atoms with van der Waals surface area (Å²) in [6, 6.07) is 7.24. The summed E-state index contributed by atoms with van der Waals surface area (Å²) in [5, 5.41) is 19.3. The van der Waals surface area contributed by atoms with Crippen LogP contribution in [-0.4, -0.2) is 105 Å². The zero-order valence-corrected chi connectivity index (χ0v) is 24.7. The van der Waals surface area contributed by atoms with Gasteiger partial charge >= 0.3 is 5.97 Å². The van der Waals surface area contributed by atoms with Gasteiger partial charge in [0.2, 0.25) is 11.8 Å². The number of nitrogens with zero attached hydrogens (tertiary/aromatic N) is 3. The molecule has 0 heterocycles. The lowest BCUT2D eigenvalue weighted by atomic mass is 10.1. The van der Waals surface area contributed by atoms with Crippen LogP contribution >= 0.6 is 0 Å². The molecule has 6 N–H and O–H groups in total. The van der Waals surface area contributed by atoms with Crippen LogP contribution in [0, 0.1) is 0 Å². The van der Waals surface area contributed by atoms with Crippen LogP contribution in [0.15, 0.2) is 34.5 Å². The van der Waals surface area contributed by atoms with E-state index in [9.17, 15) is 14.4 Å². The van der Waals surface area contributed by atoms with E-state index in [0.29, 0.717) is 70.7 Å². The average molecular weight is 595 g/mol. The number of carboxylic acids is 1. The number of benzene rings is 1. The molecular weight excluding hydrogens is 548 g/mol. The minimum Gasteiger partial charge on any atom is -0.481 e. The van der Waals surface area contributed by atoms with Gasteiger partial charge in [-0.3, -0.25) is 14.4 Å². The van der Waals surface area contributed by atoms with Crippen LogP contribution in [0.5, 0.6) is 0 Å². The number of hydrogen-bond donors (Lipinski definition) is 4. The van der Waals surface area contributed by atoms with E-state index in [1.807, 2.05) is 19.1 Å². The lowest BCUT2D eigenvalue weighted by Crippen LogP contribution is -2.37. The van der Waals surface area contributed by atoms with Crippen LogP contribution in [0.4, 0.5) is 0 Å². The van der Waals surface area contributed by atoms with Crippen LogP contribution < -0.4 is 16.8 Å². The molecule has 14 heteroatoms. The molecule has 42 heavy (non-hydrogen) atoms. The highest BCUT2D eigenvalue weighted by molar-refractivity contribution is 5.97. The maximum absolute atomic E-state index is 12.4. The predicted octanol–water partition coefficient (Wildman–Crippen LogP) is 0.860. The summed E-state index contributed by atoms with van der Waals surface area (Å²) in [7, 11) is 0.